The number of carbonyl (C=O) groups excluding carboxylic acids is 1. The Morgan fingerprint density at radius 2 is 1.93 bits per heavy atom. The Balaban J connectivity index is 1.82. The van der Waals surface area contributed by atoms with Crippen LogP contribution in [0.1, 0.15) is 31.1 Å². The molecule has 0 aliphatic rings. The van der Waals surface area contributed by atoms with Crippen LogP contribution in [-0.2, 0) is 16.0 Å². The highest BCUT2D eigenvalue weighted by atomic mass is 19.1. The zero-order valence-electron chi connectivity index (χ0n) is 16.0. The van der Waals surface area contributed by atoms with Gasteiger partial charge in [0.1, 0.15) is 17.3 Å². The van der Waals surface area contributed by atoms with Gasteiger partial charge >= 0.3 is 5.97 Å². The SMILES string of the molecule is CCOC(=O)COc1ccc(CCN[C@@H](C)[C@H](O)c2ccc(O)cc2)c(F)c1. The molecule has 7 heteroatoms. The first-order chi connectivity index (χ1) is 13.4. The number of hydrogen-bond donors (Lipinski definition) is 3. The van der Waals surface area contributed by atoms with E-state index in [2.05, 4.69) is 5.32 Å². The fourth-order valence-corrected chi connectivity index (χ4v) is 2.67. The molecule has 152 valence electrons. The molecule has 2 rings (SSSR count). The van der Waals surface area contributed by atoms with Crippen molar-refractivity contribution in [2.75, 3.05) is 19.8 Å². The highest BCUT2D eigenvalue weighted by Crippen LogP contribution is 2.20. The van der Waals surface area contributed by atoms with E-state index in [4.69, 9.17) is 9.47 Å². The van der Waals surface area contributed by atoms with Gasteiger partial charge in [-0.2, -0.15) is 0 Å². The number of benzene rings is 2. The summed E-state index contributed by atoms with van der Waals surface area (Å²) in [7, 11) is 0. The minimum Gasteiger partial charge on any atom is -0.508 e. The standard InChI is InChI=1S/C21H26FNO5/c1-3-27-20(25)13-28-18-9-6-15(19(22)12-18)10-11-23-14(2)21(26)16-4-7-17(24)8-5-16/h4-9,12,14,21,23-24,26H,3,10-11,13H2,1-2H3/t14-,21-/m0/s1. The molecule has 0 bridgehead atoms. The van der Waals surface area contributed by atoms with Crippen molar-refractivity contribution in [1.82, 2.24) is 5.32 Å². The lowest BCUT2D eigenvalue weighted by molar-refractivity contribution is -0.145. The van der Waals surface area contributed by atoms with Crippen molar-refractivity contribution in [3.63, 3.8) is 0 Å². The summed E-state index contributed by atoms with van der Waals surface area (Å²) in [6.07, 6.45) is -0.319. The molecule has 0 amide bonds. The molecule has 0 unspecified atom stereocenters. The zero-order chi connectivity index (χ0) is 20.5. The van der Waals surface area contributed by atoms with Gasteiger partial charge in [0.25, 0.3) is 0 Å². The second-order valence-electron chi connectivity index (χ2n) is 6.38. The van der Waals surface area contributed by atoms with Gasteiger partial charge in [-0.25, -0.2) is 9.18 Å². The molecule has 0 fully saturated rings. The molecule has 0 heterocycles. The molecule has 3 N–H and O–H groups in total. The third-order valence-electron chi connectivity index (χ3n) is 4.26. The fraction of sp³-hybridized carbons (Fsp3) is 0.381. The van der Waals surface area contributed by atoms with Crippen LogP contribution in [0.4, 0.5) is 4.39 Å². The van der Waals surface area contributed by atoms with Crippen LogP contribution < -0.4 is 10.1 Å². The van der Waals surface area contributed by atoms with E-state index in [0.29, 0.717) is 24.1 Å². The van der Waals surface area contributed by atoms with E-state index in [0.717, 1.165) is 0 Å². The number of aliphatic hydroxyl groups is 1. The van der Waals surface area contributed by atoms with Crippen LogP contribution in [0.2, 0.25) is 0 Å². The summed E-state index contributed by atoms with van der Waals surface area (Å²) >= 11 is 0. The summed E-state index contributed by atoms with van der Waals surface area (Å²) in [5, 5.41) is 22.8. The summed E-state index contributed by atoms with van der Waals surface area (Å²) in [6, 6.07) is 10.6. The predicted molar refractivity (Wildman–Crippen MR) is 103 cm³/mol. The van der Waals surface area contributed by atoms with E-state index in [-0.39, 0.29) is 30.8 Å². The highest BCUT2D eigenvalue weighted by Gasteiger charge is 2.16. The van der Waals surface area contributed by atoms with Crippen molar-refractivity contribution in [3.05, 3.63) is 59.4 Å². The summed E-state index contributed by atoms with van der Waals surface area (Å²) in [4.78, 5) is 11.3. The maximum Gasteiger partial charge on any atom is 0.344 e. The van der Waals surface area contributed by atoms with Crippen LogP contribution in [0.3, 0.4) is 0 Å². The third-order valence-corrected chi connectivity index (χ3v) is 4.26. The number of ether oxygens (including phenoxy) is 2. The van der Waals surface area contributed by atoms with Crippen LogP contribution in [0.5, 0.6) is 11.5 Å². The van der Waals surface area contributed by atoms with Crippen molar-refractivity contribution in [2.45, 2.75) is 32.4 Å². The Morgan fingerprint density at radius 1 is 1.21 bits per heavy atom. The van der Waals surface area contributed by atoms with Gasteiger partial charge in [-0.3, -0.25) is 0 Å². The Bertz CT molecular complexity index is 766. The van der Waals surface area contributed by atoms with Crippen LogP contribution in [0.15, 0.2) is 42.5 Å². The van der Waals surface area contributed by atoms with Crippen molar-refractivity contribution in [2.24, 2.45) is 0 Å². The molecule has 0 saturated carbocycles. The Morgan fingerprint density at radius 3 is 2.57 bits per heavy atom. The Kier molecular flexibility index (Phi) is 8.22. The quantitative estimate of drug-likeness (QED) is 0.540. The molecular formula is C21H26FNO5. The molecule has 2 aromatic carbocycles. The number of carbonyl (C=O) groups is 1. The number of hydrogen-bond acceptors (Lipinski definition) is 6. The minimum absolute atomic E-state index is 0.140. The van der Waals surface area contributed by atoms with Gasteiger partial charge in [0, 0.05) is 12.1 Å². The smallest absolute Gasteiger partial charge is 0.344 e. The average molecular weight is 391 g/mol. The molecular weight excluding hydrogens is 365 g/mol. The van der Waals surface area contributed by atoms with Crippen LogP contribution in [0, 0.1) is 5.82 Å². The summed E-state index contributed by atoms with van der Waals surface area (Å²) in [5.41, 5.74) is 1.19. The van der Waals surface area contributed by atoms with Gasteiger partial charge in [0.2, 0.25) is 0 Å². The first kappa shape index (κ1) is 21.7. The van der Waals surface area contributed by atoms with E-state index in [1.165, 1.54) is 18.2 Å². The van der Waals surface area contributed by atoms with Crippen molar-refractivity contribution in [1.29, 1.82) is 0 Å². The van der Waals surface area contributed by atoms with Gasteiger partial charge in [-0.15, -0.1) is 0 Å². The van der Waals surface area contributed by atoms with Gasteiger partial charge in [-0.1, -0.05) is 18.2 Å². The lowest BCUT2D eigenvalue weighted by Gasteiger charge is -2.21. The molecule has 28 heavy (non-hydrogen) atoms. The monoisotopic (exact) mass is 391 g/mol. The van der Waals surface area contributed by atoms with E-state index in [1.807, 2.05) is 6.92 Å². The molecule has 2 atom stereocenters. The van der Waals surface area contributed by atoms with Gasteiger partial charge in [0.15, 0.2) is 6.61 Å². The molecule has 0 aliphatic heterocycles. The predicted octanol–water partition coefficient (Wildman–Crippen LogP) is 2.73. The normalized spacial score (nSPS) is 13.0. The number of aliphatic hydroxyl groups excluding tert-OH is 1. The van der Waals surface area contributed by atoms with Crippen LogP contribution >= 0.6 is 0 Å². The maximum atomic E-state index is 14.2. The number of esters is 1. The number of phenols is 1. The summed E-state index contributed by atoms with van der Waals surface area (Å²) in [6.45, 7) is 4.00. The van der Waals surface area contributed by atoms with Crippen LogP contribution in [-0.4, -0.2) is 42.0 Å². The second-order valence-corrected chi connectivity index (χ2v) is 6.38. The fourth-order valence-electron chi connectivity index (χ4n) is 2.67. The highest BCUT2D eigenvalue weighted by molar-refractivity contribution is 5.71. The first-order valence-electron chi connectivity index (χ1n) is 9.18. The summed E-state index contributed by atoms with van der Waals surface area (Å²) < 4.78 is 24.2. The largest absolute Gasteiger partial charge is 0.508 e. The van der Waals surface area contributed by atoms with Crippen molar-refractivity contribution in [3.8, 4) is 11.5 Å². The lowest BCUT2D eigenvalue weighted by atomic mass is 10.0. The second kappa shape index (κ2) is 10.6. The van der Waals surface area contributed by atoms with E-state index in [9.17, 15) is 19.4 Å². The van der Waals surface area contributed by atoms with Crippen molar-refractivity contribution < 1.29 is 28.9 Å². The Labute approximate surface area is 163 Å². The molecule has 6 nitrogen and oxygen atoms in total. The van der Waals surface area contributed by atoms with E-state index < -0.39 is 17.9 Å². The third kappa shape index (κ3) is 6.51. The first-order valence-corrected chi connectivity index (χ1v) is 9.18. The average Bonchev–Trinajstić information content (AvgIpc) is 2.68. The zero-order valence-corrected chi connectivity index (χ0v) is 16.0. The number of aromatic hydroxyl groups is 1. The molecule has 2 aromatic rings. The molecule has 0 aliphatic carbocycles. The number of nitrogens with one attached hydrogen (secondary N) is 1. The molecule has 0 spiro atoms. The maximum absolute atomic E-state index is 14.2. The molecule has 0 aromatic heterocycles. The molecule has 0 saturated heterocycles. The lowest BCUT2D eigenvalue weighted by Crippen LogP contribution is -2.33. The van der Waals surface area contributed by atoms with Gasteiger partial charge in [-0.05, 0) is 56.1 Å². The Hall–Kier alpha value is -2.64. The topological polar surface area (TPSA) is 88.0 Å². The number of rotatable bonds is 10. The van der Waals surface area contributed by atoms with Crippen LogP contribution in [0.25, 0.3) is 0 Å². The minimum atomic E-state index is -0.746. The number of halogens is 1. The van der Waals surface area contributed by atoms with E-state index in [1.54, 1.807) is 31.2 Å². The van der Waals surface area contributed by atoms with E-state index >= 15 is 0 Å². The van der Waals surface area contributed by atoms with Gasteiger partial charge < -0.3 is 25.0 Å². The van der Waals surface area contributed by atoms with Gasteiger partial charge in [0.05, 0.1) is 12.7 Å². The number of phenolic OH excluding ortho intramolecular Hbond substituents is 1. The molecule has 0 radical (unpaired) electrons. The van der Waals surface area contributed by atoms with Crippen molar-refractivity contribution >= 4 is 5.97 Å². The summed E-state index contributed by atoms with van der Waals surface area (Å²) in [5.74, 6) is -0.521.